The third-order valence-corrected chi connectivity index (χ3v) is 5.57. The monoisotopic (exact) mass is 379 g/mol. The van der Waals surface area contributed by atoms with Crippen molar-refractivity contribution in [2.75, 3.05) is 5.32 Å². The third kappa shape index (κ3) is 2.80. The number of aryl methyl sites for hydroxylation is 2. The summed E-state index contributed by atoms with van der Waals surface area (Å²) in [6.45, 7) is 5.52. The van der Waals surface area contributed by atoms with Gasteiger partial charge in [0, 0.05) is 0 Å². The minimum atomic E-state index is -0.938. The molecule has 1 atom stereocenters. The largest absolute Gasteiger partial charge is 0.300 e. The minimum absolute atomic E-state index is 0.327. The second-order valence-corrected chi connectivity index (χ2v) is 7.67. The molecule has 0 saturated heterocycles. The van der Waals surface area contributed by atoms with Crippen LogP contribution < -0.4 is 5.32 Å². The molecule has 3 amide bonds. The Morgan fingerprint density at radius 3 is 2.37 bits per heavy atom. The van der Waals surface area contributed by atoms with Crippen molar-refractivity contribution in [3.8, 4) is 0 Å². The maximum atomic E-state index is 12.7. The maximum Gasteiger partial charge on any atom is 0.262 e. The first-order chi connectivity index (χ1) is 12.9. The highest BCUT2D eigenvalue weighted by Crippen LogP contribution is 2.30. The van der Waals surface area contributed by atoms with E-state index in [1.54, 1.807) is 31.2 Å². The van der Waals surface area contributed by atoms with E-state index in [0.717, 1.165) is 26.2 Å². The topological polar surface area (TPSA) is 79.4 Å². The highest BCUT2D eigenvalue weighted by atomic mass is 32.1. The number of carbonyl (C=O) groups excluding carboxylic acids is 3. The maximum absolute atomic E-state index is 12.7. The number of nitrogens with one attached hydrogen (secondary N) is 1. The van der Waals surface area contributed by atoms with Gasteiger partial charge in [0.15, 0.2) is 5.13 Å². The molecule has 136 valence electrons. The van der Waals surface area contributed by atoms with E-state index in [-0.39, 0.29) is 0 Å². The van der Waals surface area contributed by atoms with Gasteiger partial charge in [0.1, 0.15) is 6.04 Å². The van der Waals surface area contributed by atoms with E-state index in [2.05, 4.69) is 10.3 Å². The number of anilines is 1. The lowest BCUT2D eigenvalue weighted by molar-refractivity contribution is -0.119. The van der Waals surface area contributed by atoms with Gasteiger partial charge in [-0.25, -0.2) is 4.98 Å². The van der Waals surface area contributed by atoms with Gasteiger partial charge >= 0.3 is 0 Å². The lowest BCUT2D eigenvalue weighted by Gasteiger charge is -2.21. The first-order valence-corrected chi connectivity index (χ1v) is 9.34. The van der Waals surface area contributed by atoms with Crippen molar-refractivity contribution in [3.05, 3.63) is 58.7 Å². The number of aromatic nitrogens is 1. The molecule has 3 aromatic rings. The van der Waals surface area contributed by atoms with Gasteiger partial charge in [0.2, 0.25) is 5.91 Å². The van der Waals surface area contributed by atoms with Crippen LogP contribution >= 0.6 is 11.3 Å². The van der Waals surface area contributed by atoms with E-state index >= 15 is 0 Å². The number of amides is 3. The molecule has 0 fully saturated rings. The number of hydrogen-bond acceptors (Lipinski definition) is 5. The van der Waals surface area contributed by atoms with E-state index in [4.69, 9.17) is 0 Å². The van der Waals surface area contributed by atoms with Gasteiger partial charge in [-0.3, -0.25) is 19.3 Å². The van der Waals surface area contributed by atoms with Gasteiger partial charge in [-0.15, -0.1) is 0 Å². The second-order valence-electron chi connectivity index (χ2n) is 6.64. The summed E-state index contributed by atoms with van der Waals surface area (Å²) < 4.78 is 0.983. The summed E-state index contributed by atoms with van der Waals surface area (Å²) in [5, 5.41) is 3.20. The van der Waals surface area contributed by atoms with Crippen LogP contribution in [0.3, 0.4) is 0 Å². The van der Waals surface area contributed by atoms with E-state index in [0.29, 0.717) is 16.3 Å². The van der Waals surface area contributed by atoms with Gasteiger partial charge < -0.3 is 5.32 Å². The molecule has 2 heterocycles. The quantitative estimate of drug-likeness (QED) is 0.706. The first-order valence-electron chi connectivity index (χ1n) is 8.52. The molecule has 0 radical (unpaired) electrons. The fraction of sp³-hybridized carbons (Fsp3) is 0.200. The standard InChI is InChI=1S/C20H17N3O3S/c1-10-8-11(2)16-15(9-10)27-20(21-16)22-17(24)12(3)23-18(25)13-6-4-5-7-14(13)19(23)26/h4-9,12H,1-3H3,(H,21,22,24). The van der Waals surface area contributed by atoms with E-state index in [1.165, 1.54) is 11.3 Å². The summed E-state index contributed by atoms with van der Waals surface area (Å²) in [5.41, 5.74) is 3.66. The van der Waals surface area contributed by atoms with Crippen molar-refractivity contribution < 1.29 is 14.4 Å². The summed E-state index contributed by atoms with van der Waals surface area (Å²) in [5.74, 6) is -1.35. The zero-order chi connectivity index (χ0) is 19.3. The van der Waals surface area contributed by atoms with E-state index in [9.17, 15) is 14.4 Å². The number of imide groups is 1. The lowest BCUT2D eigenvalue weighted by atomic mass is 10.1. The molecule has 4 rings (SSSR count). The molecule has 0 saturated carbocycles. The smallest absolute Gasteiger partial charge is 0.262 e. The van der Waals surface area contributed by atoms with Gasteiger partial charge in [-0.05, 0) is 50.1 Å². The molecule has 1 unspecified atom stereocenters. The van der Waals surface area contributed by atoms with Crippen LogP contribution in [0.25, 0.3) is 10.2 Å². The Bertz CT molecular complexity index is 1080. The number of benzene rings is 2. The van der Waals surface area contributed by atoms with Crippen LogP contribution in [0.15, 0.2) is 36.4 Å². The van der Waals surface area contributed by atoms with Crippen LogP contribution in [0.1, 0.15) is 38.8 Å². The molecule has 27 heavy (non-hydrogen) atoms. The van der Waals surface area contributed by atoms with Crippen LogP contribution in [-0.2, 0) is 4.79 Å². The van der Waals surface area contributed by atoms with Crippen molar-refractivity contribution in [3.63, 3.8) is 0 Å². The van der Waals surface area contributed by atoms with Crippen molar-refractivity contribution in [1.29, 1.82) is 0 Å². The zero-order valence-corrected chi connectivity index (χ0v) is 15.9. The third-order valence-electron chi connectivity index (χ3n) is 4.65. The molecule has 0 spiro atoms. The molecule has 0 bridgehead atoms. The van der Waals surface area contributed by atoms with Gasteiger partial charge in [0.05, 0.1) is 21.3 Å². The Morgan fingerprint density at radius 1 is 1.11 bits per heavy atom. The van der Waals surface area contributed by atoms with Gasteiger partial charge in [0.25, 0.3) is 11.8 Å². The zero-order valence-electron chi connectivity index (χ0n) is 15.1. The summed E-state index contributed by atoms with van der Waals surface area (Å²) in [4.78, 5) is 43.2. The van der Waals surface area contributed by atoms with E-state index < -0.39 is 23.8 Å². The van der Waals surface area contributed by atoms with Gasteiger partial charge in [-0.1, -0.05) is 29.5 Å². The Morgan fingerprint density at radius 2 is 1.74 bits per heavy atom. The molecule has 1 aromatic heterocycles. The van der Waals surface area contributed by atoms with E-state index in [1.807, 2.05) is 26.0 Å². The average molecular weight is 379 g/mol. The highest BCUT2D eigenvalue weighted by molar-refractivity contribution is 7.22. The normalized spacial score (nSPS) is 14.6. The Kier molecular flexibility index (Phi) is 4.04. The molecule has 1 N–H and O–H groups in total. The summed E-state index contributed by atoms with van der Waals surface area (Å²) in [7, 11) is 0. The van der Waals surface area contributed by atoms with Crippen LogP contribution in [-0.4, -0.2) is 33.6 Å². The average Bonchev–Trinajstić information content (AvgIpc) is 3.14. The summed E-state index contributed by atoms with van der Waals surface area (Å²) >= 11 is 1.37. The van der Waals surface area contributed by atoms with Crippen molar-refractivity contribution in [1.82, 2.24) is 9.88 Å². The van der Waals surface area contributed by atoms with Crippen molar-refractivity contribution >= 4 is 44.4 Å². The number of thiazole rings is 1. The number of carbonyl (C=O) groups is 3. The number of hydrogen-bond donors (Lipinski definition) is 1. The Labute approximate surface area is 159 Å². The number of rotatable bonds is 3. The Hall–Kier alpha value is -3.06. The van der Waals surface area contributed by atoms with Crippen LogP contribution in [0, 0.1) is 13.8 Å². The lowest BCUT2D eigenvalue weighted by Crippen LogP contribution is -2.45. The fourth-order valence-corrected chi connectivity index (χ4v) is 4.36. The Balaban J connectivity index is 1.58. The summed E-state index contributed by atoms with van der Waals surface area (Å²) in [6.07, 6.45) is 0. The van der Waals surface area contributed by atoms with Crippen molar-refractivity contribution in [2.24, 2.45) is 0 Å². The molecular weight excluding hydrogens is 362 g/mol. The van der Waals surface area contributed by atoms with Gasteiger partial charge in [-0.2, -0.15) is 0 Å². The molecular formula is C20H17N3O3S. The highest BCUT2D eigenvalue weighted by Gasteiger charge is 2.40. The predicted molar refractivity (Wildman–Crippen MR) is 104 cm³/mol. The molecule has 7 heteroatoms. The minimum Gasteiger partial charge on any atom is -0.300 e. The second kappa shape index (κ2) is 6.28. The van der Waals surface area contributed by atoms with Crippen LogP contribution in [0.5, 0.6) is 0 Å². The molecule has 1 aliphatic heterocycles. The SMILES string of the molecule is Cc1cc(C)c2nc(NC(=O)C(C)N3C(=O)c4ccccc4C3=O)sc2c1. The molecule has 2 aromatic carbocycles. The fourth-order valence-electron chi connectivity index (χ4n) is 3.31. The predicted octanol–water partition coefficient (Wildman–Crippen LogP) is 3.54. The van der Waals surface area contributed by atoms with Crippen LogP contribution in [0.2, 0.25) is 0 Å². The number of nitrogens with zero attached hydrogens (tertiary/aromatic N) is 2. The molecule has 1 aliphatic rings. The van der Waals surface area contributed by atoms with Crippen LogP contribution in [0.4, 0.5) is 5.13 Å². The summed E-state index contributed by atoms with van der Waals surface area (Å²) in [6, 6.07) is 9.70. The first kappa shape index (κ1) is 17.4. The number of fused-ring (bicyclic) bond motifs is 2. The van der Waals surface area contributed by atoms with Crippen molar-refractivity contribution in [2.45, 2.75) is 26.8 Å². The molecule has 0 aliphatic carbocycles. The molecule has 6 nitrogen and oxygen atoms in total.